The Morgan fingerprint density at radius 2 is 2.00 bits per heavy atom. The quantitative estimate of drug-likeness (QED) is 0.643. The molecule has 0 unspecified atom stereocenters. The number of benzene rings is 1. The van der Waals surface area contributed by atoms with Gasteiger partial charge in [-0.05, 0) is 23.8 Å². The number of thiazole rings is 1. The van der Waals surface area contributed by atoms with E-state index in [0.717, 1.165) is 5.56 Å². The Morgan fingerprint density at radius 1 is 1.19 bits per heavy atom. The van der Waals surface area contributed by atoms with Gasteiger partial charge in [-0.3, -0.25) is 4.79 Å². The summed E-state index contributed by atoms with van der Waals surface area (Å²) >= 11 is 1.31. The third-order valence-electron chi connectivity index (χ3n) is 3.38. The largest absolute Gasteiger partial charge is 0.465 e. The zero-order chi connectivity index (χ0) is 18.4. The van der Waals surface area contributed by atoms with E-state index in [0.29, 0.717) is 28.8 Å². The van der Waals surface area contributed by atoms with Crippen LogP contribution in [0.2, 0.25) is 0 Å². The second-order valence-electron chi connectivity index (χ2n) is 5.13. The minimum atomic E-state index is -0.397. The molecule has 3 rings (SSSR count). The van der Waals surface area contributed by atoms with Gasteiger partial charge in [-0.15, -0.1) is 11.3 Å². The van der Waals surface area contributed by atoms with Gasteiger partial charge in [0.2, 0.25) is 0 Å². The molecule has 2 N–H and O–H groups in total. The van der Waals surface area contributed by atoms with Crippen molar-refractivity contribution in [1.82, 2.24) is 20.3 Å². The fraction of sp³-hybridized carbons (Fsp3) is 0.118. The molecule has 1 aromatic carbocycles. The molecule has 2 aromatic heterocycles. The molecule has 1 amide bonds. The number of amides is 1. The summed E-state index contributed by atoms with van der Waals surface area (Å²) in [6.07, 6.45) is 3.04. The average Bonchev–Trinajstić information content (AvgIpc) is 3.15. The standard InChI is InChI=1S/C17H15N5O3S/c1-25-16(24)12-4-2-11(3-5-12)8-19-15(23)13-9-26-17(21-13)22-14-6-7-18-10-20-14/h2-7,9-10H,8H2,1H3,(H,19,23)(H,18,20,21,22). The molecule has 0 saturated heterocycles. The van der Waals surface area contributed by atoms with Crippen molar-refractivity contribution < 1.29 is 14.3 Å². The van der Waals surface area contributed by atoms with Gasteiger partial charge >= 0.3 is 5.97 Å². The molecule has 9 heteroatoms. The molecule has 0 fully saturated rings. The number of esters is 1. The van der Waals surface area contributed by atoms with E-state index in [1.165, 1.54) is 24.8 Å². The highest BCUT2D eigenvalue weighted by atomic mass is 32.1. The van der Waals surface area contributed by atoms with Crippen molar-refractivity contribution in [3.63, 3.8) is 0 Å². The van der Waals surface area contributed by atoms with Crippen LogP contribution in [0.5, 0.6) is 0 Å². The summed E-state index contributed by atoms with van der Waals surface area (Å²) in [4.78, 5) is 35.7. The fourth-order valence-corrected chi connectivity index (χ4v) is 2.76. The van der Waals surface area contributed by atoms with E-state index in [-0.39, 0.29) is 5.91 Å². The van der Waals surface area contributed by atoms with Crippen LogP contribution in [0, 0.1) is 0 Å². The molecule has 2 heterocycles. The number of aromatic nitrogens is 3. The van der Waals surface area contributed by atoms with Crippen molar-refractivity contribution in [2.75, 3.05) is 12.4 Å². The molecule has 0 bridgehead atoms. The first-order chi connectivity index (χ1) is 12.7. The molecule has 132 valence electrons. The normalized spacial score (nSPS) is 10.2. The Labute approximate surface area is 153 Å². The van der Waals surface area contributed by atoms with Crippen molar-refractivity contribution in [1.29, 1.82) is 0 Å². The van der Waals surface area contributed by atoms with Crippen LogP contribution >= 0.6 is 11.3 Å². The van der Waals surface area contributed by atoms with Crippen LogP contribution < -0.4 is 10.6 Å². The Bertz CT molecular complexity index is 896. The van der Waals surface area contributed by atoms with Crippen molar-refractivity contribution in [3.8, 4) is 0 Å². The molecule has 0 spiro atoms. The lowest BCUT2D eigenvalue weighted by Gasteiger charge is -2.05. The van der Waals surface area contributed by atoms with E-state index in [9.17, 15) is 9.59 Å². The van der Waals surface area contributed by atoms with E-state index in [1.807, 2.05) is 0 Å². The predicted octanol–water partition coefficient (Wildman–Crippen LogP) is 2.39. The summed E-state index contributed by atoms with van der Waals surface area (Å²) in [5.41, 5.74) is 1.64. The summed E-state index contributed by atoms with van der Waals surface area (Å²) in [5.74, 6) is -0.0761. The highest BCUT2D eigenvalue weighted by Gasteiger charge is 2.11. The van der Waals surface area contributed by atoms with E-state index in [1.54, 1.807) is 41.9 Å². The number of methoxy groups -OCH3 is 1. The number of hydrogen-bond acceptors (Lipinski definition) is 8. The zero-order valence-corrected chi connectivity index (χ0v) is 14.6. The van der Waals surface area contributed by atoms with Crippen LogP contribution in [-0.2, 0) is 11.3 Å². The van der Waals surface area contributed by atoms with Gasteiger partial charge in [0.05, 0.1) is 12.7 Å². The Balaban J connectivity index is 1.56. The predicted molar refractivity (Wildman–Crippen MR) is 96.4 cm³/mol. The summed E-state index contributed by atoms with van der Waals surface area (Å²) in [5, 5.41) is 8.03. The third-order valence-corrected chi connectivity index (χ3v) is 4.14. The van der Waals surface area contributed by atoms with Crippen molar-refractivity contribution >= 4 is 34.2 Å². The summed E-state index contributed by atoms with van der Waals surface area (Å²) < 4.78 is 4.65. The van der Waals surface area contributed by atoms with Gasteiger partial charge in [0.15, 0.2) is 5.13 Å². The molecule has 26 heavy (non-hydrogen) atoms. The van der Waals surface area contributed by atoms with Gasteiger partial charge < -0.3 is 15.4 Å². The lowest BCUT2D eigenvalue weighted by molar-refractivity contribution is 0.0600. The maximum absolute atomic E-state index is 12.2. The van der Waals surface area contributed by atoms with Gasteiger partial charge in [0.25, 0.3) is 5.91 Å². The monoisotopic (exact) mass is 369 g/mol. The number of hydrogen-bond donors (Lipinski definition) is 2. The second kappa shape index (κ2) is 8.17. The van der Waals surface area contributed by atoms with Gasteiger partial charge in [-0.25, -0.2) is 19.7 Å². The molecule has 0 aliphatic rings. The number of rotatable bonds is 6. The number of anilines is 2. The number of nitrogens with one attached hydrogen (secondary N) is 2. The molecule has 0 atom stereocenters. The first-order valence-electron chi connectivity index (χ1n) is 7.60. The lowest BCUT2D eigenvalue weighted by atomic mass is 10.1. The van der Waals surface area contributed by atoms with Gasteiger partial charge in [-0.1, -0.05) is 12.1 Å². The van der Waals surface area contributed by atoms with E-state index >= 15 is 0 Å². The summed E-state index contributed by atoms with van der Waals surface area (Å²) in [6.45, 7) is 0.326. The van der Waals surface area contributed by atoms with Crippen LogP contribution in [0.3, 0.4) is 0 Å². The first kappa shape index (κ1) is 17.5. The van der Waals surface area contributed by atoms with Crippen LogP contribution in [0.1, 0.15) is 26.4 Å². The molecular weight excluding hydrogens is 354 g/mol. The molecule has 8 nitrogen and oxygen atoms in total. The minimum absolute atomic E-state index is 0.283. The Morgan fingerprint density at radius 3 is 2.69 bits per heavy atom. The smallest absolute Gasteiger partial charge is 0.337 e. The Kier molecular flexibility index (Phi) is 5.49. The second-order valence-corrected chi connectivity index (χ2v) is 5.99. The summed E-state index contributed by atoms with van der Waals surface area (Å²) in [7, 11) is 1.33. The first-order valence-corrected chi connectivity index (χ1v) is 8.47. The van der Waals surface area contributed by atoms with Crippen LogP contribution in [0.4, 0.5) is 10.9 Å². The van der Waals surface area contributed by atoms with E-state index in [4.69, 9.17) is 0 Å². The van der Waals surface area contributed by atoms with Crippen molar-refractivity contribution in [2.45, 2.75) is 6.54 Å². The number of carbonyl (C=O) groups excluding carboxylic acids is 2. The van der Waals surface area contributed by atoms with Crippen molar-refractivity contribution in [2.24, 2.45) is 0 Å². The SMILES string of the molecule is COC(=O)c1ccc(CNC(=O)c2csc(Nc3ccncn3)n2)cc1. The summed E-state index contributed by atoms with van der Waals surface area (Å²) in [6, 6.07) is 8.53. The minimum Gasteiger partial charge on any atom is -0.465 e. The van der Waals surface area contributed by atoms with E-state index < -0.39 is 5.97 Å². The molecule has 3 aromatic rings. The van der Waals surface area contributed by atoms with Gasteiger partial charge in [-0.2, -0.15) is 0 Å². The fourth-order valence-electron chi connectivity index (χ4n) is 2.06. The number of ether oxygens (including phenoxy) is 1. The molecule has 0 saturated carbocycles. The molecule has 0 radical (unpaired) electrons. The van der Waals surface area contributed by atoms with Crippen LogP contribution in [-0.4, -0.2) is 33.9 Å². The van der Waals surface area contributed by atoms with Crippen LogP contribution in [0.15, 0.2) is 48.2 Å². The number of carbonyl (C=O) groups is 2. The van der Waals surface area contributed by atoms with Crippen LogP contribution in [0.25, 0.3) is 0 Å². The Hall–Kier alpha value is -3.33. The number of nitrogens with zero attached hydrogens (tertiary/aromatic N) is 3. The highest BCUT2D eigenvalue weighted by Crippen LogP contribution is 2.19. The molecule has 0 aliphatic heterocycles. The molecule has 0 aliphatic carbocycles. The van der Waals surface area contributed by atoms with Gasteiger partial charge in [0.1, 0.15) is 17.8 Å². The lowest BCUT2D eigenvalue weighted by Crippen LogP contribution is -2.23. The van der Waals surface area contributed by atoms with Gasteiger partial charge in [0, 0.05) is 18.1 Å². The third kappa shape index (κ3) is 4.39. The topological polar surface area (TPSA) is 106 Å². The van der Waals surface area contributed by atoms with E-state index in [2.05, 4.69) is 30.3 Å². The maximum Gasteiger partial charge on any atom is 0.337 e. The maximum atomic E-state index is 12.2. The molecular formula is C17H15N5O3S. The average molecular weight is 369 g/mol. The van der Waals surface area contributed by atoms with Crippen molar-refractivity contribution in [3.05, 3.63) is 65.1 Å². The zero-order valence-electron chi connectivity index (χ0n) is 13.8. The highest BCUT2D eigenvalue weighted by molar-refractivity contribution is 7.14.